The smallest absolute Gasteiger partial charge is 0.412 e. The summed E-state index contributed by atoms with van der Waals surface area (Å²) in [5.41, 5.74) is -1.75. The van der Waals surface area contributed by atoms with E-state index in [1.165, 1.54) is 4.90 Å². The summed E-state index contributed by atoms with van der Waals surface area (Å²) in [5, 5.41) is 0. The van der Waals surface area contributed by atoms with Crippen molar-refractivity contribution < 1.29 is 23.5 Å². The molecule has 0 spiro atoms. The van der Waals surface area contributed by atoms with Crippen LogP contribution in [-0.2, 0) is 9.16 Å². The van der Waals surface area contributed by atoms with Crippen molar-refractivity contribution in [2.75, 3.05) is 6.54 Å². The van der Waals surface area contributed by atoms with Gasteiger partial charge in [-0.3, -0.25) is 19.4 Å². The van der Waals surface area contributed by atoms with Gasteiger partial charge in [0.1, 0.15) is 11.3 Å². The fourth-order valence-electron chi connectivity index (χ4n) is 5.78. The minimum absolute atomic E-state index is 0.0539. The Balaban J connectivity index is 2.04. The Kier molecular flexibility index (Phi) is 6.59. The van der Waals surface area contributed by atoms with E-state index in [0.717, 1.165) is 0 Å². The molecule has 7 nitrogen and oxygen atoms in total. The van der Waals surface area contributed by atoms with E-state index in [4.69, 9.17) is 9.16 Å². The fraction of sp³-hybridized carbons (Fsp3) is 0.654. The number of carbonyl (C=O) groups excluding carboxylic acids is 3. The molecule has 185 valence electrons. The lowest BCUT2D eigenvalue weighted by atomic mass is 9.63. The molecule has 1 unspecified atom stereocenters. The molecule has 0 aliphatic carbocycles. The molecule has 0 bridgehead atoms. The van der Waals surface area contributed by atoms with Crippen LogP contribution in [0.25, 0.3) is 0 Å². The number of ether oxygens (including phenoxy) is 1. The highest BCUT2D eigenvalue weighted by molar-refractivity contribution is 6.21. The standard InChI is InChI=1S/C26H37N2O5Si/c1-16(28-20(29)17-12-10-11-13-18(17)21(28)30)14-26(33-34)25(8,9)19(23(2,3)4)15-27(26)22(31)32-24(5,6)7/h10-13,16,19H,14-15H2,1-9H3/t16?,19-,26-/m1/s1. The Morgan fingerprint density at radius 2 is 1.59 bits per heavy atom. The van der Waals surface area contributed by atoms with Gasteiger partial charge in [-0.1, -0.05) is 46.8 Å². The molecule has 3 amide bonds. The first-order valence-electron chi connectivity index (χ1n) is 11.8. The lowest BCUT2D eigenvalue weighted by Gasteiger charge is -2.49. The molecule has 3 radical (unpaired) electrons. The first kappa shape index (κ1) is 26.4. The molecule has 3 atom stereocenters. The molecule has 3 rings (SSSR count). The van der Waals surface area contributed by atoms with Gasteiger partial charge in [-0.15, -0.1) is 0 Å². The van der Waals surface area contributed by atoms with E-state index in [9.17, 15) is 14.4 Å². The zero-order chi connectivity index (χ0) is 25.9. The maximum absolute atomic E-state index is 13.5. The molecule has 1 saturated heterocycles. The van der Waals surface area contributed by atoms with Gasteiger partial charge >= 0.3 is 6.09 Å². The second-order valence-corrected chi connectivity index (χ2v) is 12.4. The van der Waals surface area contributed by atoms with Gasteiger partial charge in [-0.2, -0.15) is 0 Å². The van der Waals surface area contributed by atoms with Crippen molar-refractivity contribution >= 4 is 28.4 Å². The molecule has 34 heavy (non-hydrogen) atoms. The van der Waals surface area contributed by atoms with Crippen LogP contribution < -0.4 is 0 Å². The SMILES string of the molecule is CC(C[C@]1(O[Si])N(C(=O)OC(C)(C)C)C[C@H](C(C)(C)C)C1(C)C)N1C(=O)c2ccccc2C1=O. The predicted molar refractivity (Wildman–Crippen MR) is 130 cm³/mol. The van der Waals surface area contributed by atoms with E-state index in [2.05, 4.69) is 45.1 Å². The topological polar surface area (TPSA) is 76.2 Å². The van der Waals surface area contributed by atoms with Gasteiger partial charge < -0.3 is 9.16 Å². The first-order valence-corrected chi connectivity index (χ1v) is 12.2. The van der Waals surface area contributed by atoms with Crippen LogP contribution in [0.3, 0.4) is 0 Å². The number of likely N-dealkylation sites (tertiary alicyclic amines) is 1. The van der Waals surface area contributed by atoms with Crippen LogP contribution in [0, 0.1) is 16.7 Å². The zero-order valence-corrected chi connectivity index (χ0v) is 22.8. The quantitative estimate of drug-likeness (QED) is 0.452. The molecule has 2 heterocycles. The molecule has 8 heteroatoms. The molecule has 0 saturated carbocycles. The van der Waals surface area contributed by atoms with Crippen LogP contribution in [-0.4, -0.2) is 62.1 Å². The Labute approximate surface area is 206 Å². The summed E-state index contributed by atoms with van der Waals surface area (Å²) in [6.45, 7) is 18.3. The van der Waals surface area contributed by atoms with Crippen LogP contribution >= 0.6 is 0 Å². The lowest BCUT2D eigenvalue weighted by Crippen LogP contribution is -2.60. The maximum Gasteiger partial charge on any atom is 0.412 e. The molecular weight excluding hydrogens is 448 g/mol. The van der Waals surface area contributed by atoms with E-state index in [0.29, 0.717) is 17.7 Å². The van der Waals surface area contributed by atoms with Gasteiger partial charge in [0.2, 0.25) is 10.5 Å². The largest absolute Gasteiger partial charge is 0.444 e. The maximum atomic E-state index is 13.5. The van der Waals surface area contributed by atoms with E-state index < -0.39 is 28.9 Å². The van der Waals surface area contributed by atoms with Crippen LogP contribution in [0.1, 0.15) is 89.5 Å². The summed E-state index contributed by atoms with van der Waals surface area (Å²) in [6.07, 6.45) is -0.263. The van der Waals surface area contributed by atoms with E-state index in [1.54, 1.807) is 29.2 Å². The number of amides is 3. The normalized spacial score (nSPS) is 25.5. The number of fused-ring (bicyclic) bond motifs is 1. The second-order valence-electron chi connectivity index (χ2n) is 12.2. The summed E-state index contributed by atoms with van der Waals surface area (Å²) in [4.78, 5) is 42.7. The van der Waals surface area contributed by atoms with Crippen molar-refractivity contribution in [2.45, 2.75) is 86.1 Å². The minimum Gasteiger partial charge on any atom is -0.444 e. The summed E-state index contributed by atoms with van der Waals surface area (Å²) in [5.74, 6) is -0.605. The number of benzene rings is 1. The molecule has 2 aliphatic heterocycles. The monoisotopic (exact) mass is 485 g/mol. The van der Waals surface area contributed by atoms with Crippen LogP contribution in [0.4, 0.5) is 4.79 Å². The summed E-state index contributed by atoms with van der Waals surface area (Å²) in [6, 6.07) is 6.30. The molecule has 1 fully saturated rings. The van der Waals surface area contributed by atoms with Crippen molar-refractivity contribution in [2.24, 2.45) is 16.7 Å². The summed E-state index contributed by atoms with van der Waals surface area (Å²) in [7, 11) is 3.31. The molecule has 1 aromatic rings. The van der Waals surface area contributed by atoms with E-state index >= 15 is 0 Å². The van der Waals surface area contributed by atoms with Crippen molar-refractivity contribution in [3.05, 3.63) is 35.4 Å². The third-order valence-electron chi connectivity index (χ3n) is 7.35. The zero-order valence-electron chi connectivity index (χ0n) is 21.8. The van der Waals surface area contributed by atoms with E-state index in [-0.39, 0.29) is 29.6 Å². The number of hydrogen-bond donors (Lipinski definition) is 0. The highest BCUT2D eigenvalue weighted by Crippen LogP contribution is 2.57. The molecule has 2 aliphatic rings. The number of rotatable bonds is 4. The Bertz CT molecular complexity index is 959. The van der Waals surface area contributed by atoms with Gasteiger partial charge in [-0.05, 0) is 51.2 Å². The highest BCUT2D eigenvalue weighted by Gasteiger charge is 2.65. The van der Waals surface area contributed by atoms with Gasteiger partial charge in [0.25, 0.3) is 11.8 Å². The highest BCUT2D eigenvalue weighted by atomic mass is 28.2. The van der Waals surface area contributed by atoms with E-state index in [1.807, 2.05) is 27.7 Å². The predicted octanol–water partition coefficient (Wildman–Crippen LogP) is 4.80. The van der Waals surface area contributed by atoms with Crippen LogP contribution in [0.15, 0.2) is 24.3 Å². The average Bonchev–Trinajstić information content (AvgIpc) is 3.08. The van der Waals surface area contributed by atoms with Crippen molar-refractivity contribution in [1.29, 1.82) is 0 Å². The molecule has 1 aromatic carbocycles. The van der Waals surface area contributed by atoms with Crippen molar-refractivity contribution in [3.63, 3.8) is 0 Å². The molecule has 0 aromatic heterocycles. The summed E-state index contributed by atoms with van der Waals surface area (Å²) >= 11 is 0. The second kappa shape index (κ2) is 8.48. The van der Waals surface area contributed by atoms with Crippen LogP contribution in [0.2, 0.25) is 0 Å². The fourth-order valence-corrected chi connectivity index (χ4v) is 6.23. The number of hydrogen-bond acceptors (Lipinski definition) is 5. The Morgan fingerprint density at radius 3 is 2.00 bits per heavy atom. The number of imide groups is 1. The summed E-state index contributed by atoms with van der Waals surface area (Å²) < 4.78 is 11.8. The number of nitrogens with zero attached hydrogens (tertiary/aromatic N) is 2. The number of carbonyl (C=O) groups is 3. The average molecular weight is 486 g/mol. The van der Waals surface area contributed by atoms with Gasteiger partial charge in [0.05, 0.1) is 11.1 Å². The Hall–Kier alpha value is -2.19. The first-order chi connectivity index (χ1) is 15.5. The van der Waals surface area contributed by atoms with Gasteiger partial charge in [-0.25, -0.2) is 4.79 Å². The third kappa shape index (κ3) is 4.19. The van der Waals surface area contributed by atoms with Crippen molar-refractivity contribution in [3.8, 4) is 0 Å². The Morgan fingerprint density at radius 1 is 1.09 bits per heavy atom. The third-order valence-corrected chi connectivity index (χ3v) is 7.68. The van der Waals surface area contributed by atoms with Crippen molar-refractivity contribution in [1.82, 2.24) is 9.80 Å². The van der Waals surface area contributed by atoms with Crippen LogP contribution in [0.5, 0.6) is 0 Å². The molecule has 0 N–H and O–H groups in total. The van der Waals surface area contributed by atoms with Gasteiger partial charge in [0.15, 0.2) is 0 Å². The van der Waals surface area contributed by atoms with Gasteiger partial charge in [0, 0.05) is 24.4 Å². The minimum atomic E-state index is -1.17. The lowest BCUT2D eigenvalue weighted by molar-refractivity contribution is -0.135. The molecular formula is C26H37N2O5Si.